The molecule has 2 rings (SSSR count). The summed E-state index contributed by atoms with van der Waals surface area (Å²) in [6, 6.07) is 12.8. The summed E-state index contributed by atoms with van der Waals surface area (Å²) < 4.78 is 0. The van der Waals surface area contributed by atoms with Gasteiger partial charge in [-0.25, -0.2) is 0 Å². The van der Waals surface area contributed by atoms with Crippen LogP contribution in [0.1, 0.15) is 35.7 Å². The molecule has 25 heavy (non-hydrogen) atoms. The molecular formula is C18H19N3O4. The predicted octanol–water partition coefficient (Wildman–Crippen LogP) is 3.09. The first-order valence-electron chi connectivity index (χ1n) is 7.79. The SMILES string of the molecule is CC(C)c1ccc(NC(=O)CNC(=O)c2cccc([N+](=O)[O-])c2)cc1. The van der Waals surface area contributed by atoms with E-state index in [1.54, 1.807) is 12.1 Å². The Morgan fingerprint density at radius 2 is 1.80 bits per heavy atom. The molecule has 7 nitrogen and oxygen atoms in total. The third-order valence-electron chi connectivity index (χ3n) is 3.59. The highest BCUT2D eigenvalue weighted by molar-refractivity contribution is 5.99. The second-order valence-corrected chi connectivity index (χ2v) is 5.82. The van der Waals surface area contributed by atoms with Crippen LogP contribution in [0.15, 0.2) is 48.5 Å². The number of nitro benzene ring substituents is 1. The Morgan fingerprint density at radius 3 is 2.40 bits per heavy atom. The average molecular weight is 341 g/mol. The van der Waals surface area contributed by atoms with Crippen LogP contribution < -0.4 is 10.6 Å². The lowest BCUT2D eigenvalue weighted by molar-refractivity contribution is -0.384. The number of rotatable bonds is 6. The minimum Gasteiger partial charge on any atom is -0.343 e. The molecule has 0 bridgehead atoms. The maximum absolute atomic E-state index is 12.0. The topological polar surface area (TPSA) is 101 Å². The van der Waals surface area contributed by atoms with Crippen molar-refractivity contribution in [1.82, 2.24) is 5.32 Å². The Labute approximate surface area is 145 Å². The standard InChI is InChI=1S/C18H19N3O4/c1-12(2)13-6-8-15(9-7-13)20-17(22)11-19-18(23)14-4-3-5-16(10-14)21(24)25/h3-10,12H,11H2,1-2H3,(H,19,23)(H,20,22). The molecule has 0 unspecified atom stereocenters. The van der Waals surface area contributed by atoms with Gasteiger partial charge in [-0.2, -0.15) is 0 Å². The fourth-order valence-electron chi connectivity index (χ4n) is 2.18. The number of nitrogens with zero attached hydrogens (tertiary/aromatic N) is 1. The third kappa shape index (κ3) is 5.13. The van der Waals surface area contributed by atoms with Crippen LogP contribution >= 0.6 is 0 Å². The lowest BCUT2D eigenvalue weighted by atomic mass is 10.0. The normalized spacial score (nSPS) is 10.4. The summed E-state index contributed by atoms with van der Waals surface area (Å²) in [7, 11) is 0. The molecule has 2 amide bonds. The van der Waals surface area contributed by atoms with Gasteiger partial charge in [0.1, 0.15) is 0 Å². The summed E-state index contributed by atoms with van der Waals surface area (Å²) in [4.78, 5) is 34.0. The highest BCUT2D eigenvalue weighted by Crippen LogP contribution is 2.17. The van der Waals surface area contributed by atoms with Crippen LogP contribution in [0.2, 0.25) is 0 Å². The van der Waals surface area contributed by atoms with Gasteiger partial charge in [0.25, 0.3) is 11.6 Å². The van der Waals surface area contributed by atoms with Crippen LogP contribution in [0, 0.1) is 10.1 Å². The number of nitrogens with one attached hydrogen (secondary N) is 2. The van der Waals surface area contributed by atoms with E-state index in [1.165, 1.54) is 18.2 Å². The summed E-state index contributed by atoms with van der Waals surface area (Å²) >= 11 is 0. The van der Waals surface area contributed by atoms with Crippen molar-refractivity contribution in [3.8, 4) is 0 Å². The molecule has 0 saturated heterocycles. The number of non-ortho nitro benzene ring substituents is 1. The second-order valence-electron chi connectivity index (χ2n) is 5.82. The van der Waals surface area contributed by atoms with Gasteiger partial charge in [-0.3, -0.25) is 19.7 Å². The van der Waals surface area contributed by atoms with Crippen molar-refractivity contribution in [2.75, 3.05) is 11.9 Å². The number of benzene rings is 2. The van der Waals surface area contributed by atoms with Gasteiger partial charge in [-0.1, -0.05) is 32.0 Å². The summed E-state index contributed by atoms with van der Waals surface area (Å²) in [5, 5.41) is 15.8. The molecule has 0 spiro atoms. The molecular weight excluding hydrogens is 322 g/mol. The minimum absolute atomic E-state index is 0.128. The number of amides is 2. The first-order valence-corrected chi connectivity index (χ1v) is 7.79. The van der Waals surface area contributed by atoms with Crippen molar-refractivity contribution < 1.29 is 14.5 Å². The number of nitro groups is 1. The molecule has 0 fully saturated rings. The number of anilines is 1. The van der Waals surface area contributed by atoms with Crippen LogP contribution in [-0.2, 0) is 4.79 Å². The van der Waals surface area contributed by atoms with Crippen molar-refractivity contribution in [2.24, 2.45) is 0 Å². The molecule has 2 N–H and O–H groups in total. The molecule has 2 aromatic carbocycles. The maximum atomic E-state index is 12.0. The molecule has 130 valence electrons. The van der Waals surface area contributed by atoms with Crippen LogP contribution in [-0.4, -0.2) is 23.3 Å². The van der Waals surface area contributed by atoms with Gasteiger partial charge in [0.15, 0.2) is 0 Å². The Hall–Kier alpha value is -3.22. The van der Waals surface area contributed by atoms with E-state index in [-0.39, 0.29) is 23.7 Å². The number of carbonyl (C=O) groups excluding carboxylic acids is 2. The van der Waals surface area contributed by atoms with Gasteiger partial charge in [0, 0.05) is 23.4 Å². The van der Waals surface area contributed by atoms with Crippen molar-refractivity contribution in [1.29, 1.82) is 0 Å². The predicted molar refractivity (Wildman–Crippen MR) is 94.6 cm³/mol. The van der Waals surface area contributed by atoms with Crippen LogP contribution in [0.25, 0.3) is 0 Å². The van der Waals surface area contributed by atoms with Gasteiger partial charge in [-0.15, -0.1) is 0 Å². The van der Waals surface area contributed by atoms with Gasteiger partial charge in [-0.05, 0) is 29.7 Å². The zero-order valence-electron chi connectivity index (χ0n) is 14.0. The fourth-order valence-corrected chi connectivity index (χ4v) is 2.18. The smallest absolute Gasteiger partial charge is 0.270 e. The first-order chi connectivity index (χ1) is 11.9. The van der Waals surface area contributed by atoms with Gasteiger partial charge in [0.2, 0.25) is 5.91 Å². The van der Waals surface area contributed by atoms with Crippen LogP contribution in [0.5, 0.6) is 0 Å². The maximum Gasteiger partial charge on any atom is 0.270 e. The molecule has 2 aromatic rings. The third-order valence-corrected chi connectivity index (χ3v) is 3.59. The van der Waals surface area contributed by atoms with E-state index >= 15 is 0 Å². The Bertz CT molecular complexity index is 785. The van der Waals surface area contributed by atoms with E-state index in [0.717, 1.165) is 11.6 Å². The van der Waals surface area contributed by atoms with E-state index in [4.69, 9.17) is 0 Å². The van der Waals surface area contributed by atoms with E-state index in [0.29, 0.717) is 11.6 Å². The summed E-state index contributed by atoms with van der Waals surface area (Å²) in [5.41, 5.74) is 1.75. The first kappa shape index (κ1) is 18.1. The zero-order valence-corrected chi connectivity index (χ0v) is 14.0. The number of hydrogen-bond acceptors (Lipinski definition) is 4. The minimum atomic E-state index is -0.579. The molecule has 0 aliphatic rings. The van der Waals surface area contributed by atoms with Crippen LogP contribution in [0.3, 0.4) is 0 Å². The monoisotopic (exact) mass is 341 g/mol. The number of hydrogen-bond donors (Lipinski definition) is 2. The van der Waals surface area contributed by atoms with E-state index in [1.807, 2.05) is 12.1 Å². The zero-order chi connectivity index (χ0) is 18.4. The van der Waals surface area contributed by atoms with E-state index in [2.05, 4.69) is 24.5 Å². The summed E-state index contributed by atoms with van der Waals surface area (Å²) in [6.45, 7) is 3.93. The van der Waals surface area contributed by atoms with Crippen molar-refractivity contribution in [2.45, 2.75) is 19.8 Å². The van der Waals surface area contributed by atoms with Crippen molar-refractivity contribution >= 4 is 23.2 Å². The van der Waals surface area contributed by atoms with Gasteiger partial charge >= 0.3 is 0 Å². The molecule has 0 heterocycles. The molecule has 0 aliphatic heterocycles. The lowest BCUT2D eigenvalue weighted by Gasteiger charge is -2.09. The molecule has 0 atom stereocenters. The number of carbonyl (C=O) groups is 2. The van der Waals surface area contributed by atoms with Gasteiger partial charge < -0.3 is 10.6 Å². The quantitative estimate of drug-likeness (QED) is 0.622. The average Bonchev–Trinajstić information content (AvgIpc) is 2.60. The molecule has 0 radical (unpaired) electrons. The summed E-state index contributed by atoms with van der Waals surface area (Å²) in [5.74, 6) is -0.524. The Balaban J connectivity index is 1.90. The van der Waals surface area contributed by atoms with Crippen LogP contribution in [0.4, 0.5) is 11.4 Å². The largest absolute Gasteiger partial charge is 0.343 e. The van der Waals surface area contributed by atoms with E-state index in [9.17, 15) is 19.7 Å². The van der Waals surface area contributed by atoms with Crippen molar-refractivity contribution in [3.05, 3.63) is 69.8 Å². The fraction of sp³-hybridized carbons (Fsp3) is 0.222. The highest BCUT2D eigenvalue weighted by atomic mass is 16.6. The molecule has 0 saturated carbocycles. The Morgan fingerprint density at radius 1 is 1.12 bits per heavy atom. The van der Waals surface area contributed by atoms with E-state index < -0.39 is 10.8 Å². The highest BCUT2D eigenvalue weighted by Gasteiger charge is 2.12. The lowest BCUT2D eigenvalue weighted by Crippen LogP contribution is -2.32. The Kier molecular flexibility index (Phi) is 5.84. The second kappa shape index (κ2) is 8.05. The summed E-state index contributed by atoms with van der Waals surface area (Å²) in [6.07, 6.45) is 0. The van der Waals surface area contributed by atoms with Gasteiger partial charge in [0.05, 0.1) is 11.5 Å². The molecule has 0 aliphatic carbocycles. The van der Waals surface area contributed by atoms with Crippen molar-refractivity contribution in [3.63, 3.8) is 0 Å². The molecule has 7 heteroatoms. The molecule has 0 aromatic heterocycles.